The SMILES string of the molecule is CCC(CC(O)C(C)O)c1c(C)cc(C)cc1C. The van der Waals surface area contributed by atoms with E-state index in [1.807, 2.05) is 0 Å². The average Bonchev–Trinajstić information content (AvgIpc) is 2.25. The van der Waals surface area contributed by atoms with Gasteiger partial charge in [-0.2, -0.15) is 0 Å². The molecule has 0 bridgehead atoms. The Labute approximate surface area is 111 Å². The maximum Gasteiger partial charge on any atom is 0.0802 e. The van der Waals surface area contributed by atoms with Crippen LogP contribution < -0.4 is 0 Å². The van der Waals surface area contributed by atoms with Crippen LogP contribution in [0.4, 0.5) is 0 Å². The van der Waals surface area contributed by atoms with Crippen LogP contribution in [0.5, 0.6) is 0 Å². The third kappa shape index (κ3) is 3.56. The van der Waals surface area contributed by atoms with Crippen LogP contribution in [0, 0.1) is 20.8 Å². The molecule has 0 heterocycles. The van der Waals surface area contributed by atoms with E-state index < -0.39 is 12.2 Å². The highest BCUT2D eigenvalue weighted by atomic mass is 16.3. The van der Waals surface area contributed by atoms with Crippen LogP contribution in [0.3, 0.4) is 0 Å². The summed E-state index contributed by atoms with van der Waals surface area (Å²) in [6.45, 7) is 10.2. The number of hydrogen-bond acceptors (Lipinski definition) is 2. The summed E-state index contributed by atoms with van der Waals surface area (Å²) in [4.78, 5) is 0. The Balaban J connectivity index is 3.02. The van der Waals surface area contributed by atoms with Gasteiger partial charge in [0.25, 0.3) is 0 Å². The van der Waals surface area contributed by atoms with E-state index in [9.17, 15) is 10.2 Å². The Hall–Kier alpha value is -0.860. The lowest BCUT2D eigenvalue weighted by Crippen LogP contribution is -2.25. The van der Waals surface area contributed by atoms with E-state index in [2.05, 4.69) is 39.8 Å². The zero-order chi connectivity index (χ0) is 13.9. The first-order valence-electron chi connectivity index (χ1n) is 6.80. The first kappa shape index (κ1) is 15.2. The van der Waals surface area contributed by atoms with E-state index in [0.29, 0.717) is 12.3 Å². The first-order valence-corrected chi connectivity index (χ1v) is 6.80. The molecular formula is C16H26O2. The maximum atomic E-state index is 9.88. The maximum absolute atomic E-state index is 9.88. The van der Waals surface area contributed by atoms with Gasteiger partial charge in [-0.1, -0.05) is 24.6 Å². The van der Waals surface area contributed by atoms with E-state index in [4.69, 9.17) is 0 Å². The number of aryl methyl sites for hydroxylation is 3. The summed E-state index contributed by atoms with van der Waals surface area (Å²) in [5.41, 5.74) is 5.19. The zero-order valence-corrected chi connectivity index (χ0v) is 12.2. The van der Waals surface area contributed by atoms with Crippen LogP contribution in [0.25, 0.3) is 0 Å². The predicted octanol–water partition coefficient (Wildman–Crippen LogP) is 3.24. The van der Waals surface area contributed by atoms with Crippen LogP contribution in [-0.4, -0.2) is 22.4 Å². The summed E-state index contributed by atoms with van der Waals surface area (Å²) >= 11 is 0. The fourth-order valence-electron chi connectivity index (χ4n) is 2.81. The molecule has 0 fully saturated rings. The number of hydrogen-bond donors (Lipinski definition) is 2. The highest BCUT2D eigenvalue weighted by molar-refractivity contribution is 5.40. The van der Waals surface area contributed by atoms with Crippen molar-refractivity contribution >= 4 is 0 Å². The molecule has 0 aromatic heterocycles. The van der Waals surface area contributed by atoms with Gasteiger partial charge < -0.3 is 10.2 Å². The van der Waals surface area contributed by atoms with Gasteiger partial charge in [-0.25, -0.2) is 0 Å². The van der Waals surface area contributed by atoms with Crippen LogP contribution in [0.1, 0.15) is 54.9 Å². The fraction of sp³-hybridized carbons (Fsp3) is 0.625. The standard InChI is InChI=1S/C16H26O2/c1-6-14(9-15(18)13(5)17)16-11(3)7-10(2)8-12(16)4/h7-8,13-15,17-18H,6,9H2,1-5H3. The molecular weight excluding hydrogens is 224 g/mol. The molecule has 102 valence electrons. The highest BCUT2D eigenvalue weighted by Crippen LogP contribution is 2.31. The van der Waals surface area contributed by atoms with Gasteiger partial charge >= 0.3 is 0 Å². The van der Waals surface area contributed by atoms with E-state index in [-0.39, 0.29) is 0 Å². The Bertz CT molecular complexity index is 373. The van der Waals surface area contributed by atoms with Gasteiger partial charge in [0.15, 0.2) is 0 Å². The second kappa shape index (κ2) is 6.35. The molecule has 0 aliphatic carbocycles. The van der Waals surface area contributed by atoms with Gasteiger partial charge in [0.05, 0.1) is 12.2 Å². The van der Waals surface area contributed by atoms with Gasteiger partial charge in [0.1, 0.15) is 0 Å². The summed E-state index contributed by atoms with van der Waals surface area (Å²) in [6, 6.07) is 4.39. The van der Waals surface area contributed by atoms with Crippen molar-refractivity contribution in [1.82, 2.24) is 0 Å². The quantitative estimate of drug-likeness (QED) is 0.842. The number of aliphatic hydroxyl groups excluding tert-OH is 2. The lowest BCUT2D eigenvalue weighted by molar-refractivity contribution is 0.0214. The van der Waals surface area contributed by atoms with Gasteiger partial charge in [0.2, 0.25) is 0 Å². The first-order chi connectivity index (χ1) is 8.36. The lowest BCUT2D eigenvalue weighted by atomic mass is 9.83. The van der Waals surface area contributed by atoms with Gasteiger partial charge in [0, 0.05) is 0 Å². The van der Waals surface area contributed by atoms with Gasteiger partial charge in [-0.3, -0.25) is 0 Å². The van der Waals surface area contributed by atoms with Crippen molar-refractivity contribution in [3.8, 4) is 0 Å². The molecule has 2 nitrogen and oxygen atoms in total. The molecule has 0 saturated carbocycles. The predicted molar refractivity (Wildman–Crippen MR) is 76.0 cm³/mol. The number of rotatable bonds is 5. The van der Waals surface area contributed by atoms with Crippen LogP contribution >= 0.6 is 0 Å². The van der Waals surface area contributed by atoms with Crippen molar-refractivity contribution in [1.29, 1.82) is 0 Å². The van der Waals surface area contributed by atoms with Gasteiger partial charge in [-0.15, -0.1) is 0 Å². The Morgan fingerprint density at radius 2 is 1.56 bits per heavy atom. The molecule has 18 heavy (non-hydrogen) atoms. The van der Waals surface area contributed by atoms with Crippen molar-refractivity contribution in [2.75, 3.05) is 0 Å². The molecule has 3 atom stereocenters. The van der Waals surface area contributed by atoms with Crippen LogP contribution in [-0.2, 0) is 0 Å². The third-order valence-corrected chi connectivity index (χ3v) is 3.72. The summed E-state index contributed by atoms with van der Waals surface area (Å²) in [5, 5.41) is 19.3. The summed E-state index contributed by atoms with van der Waals surface area (Å²) in [7, 11) is 0. The average molecular weight is 250 g/mol. The smallest absolute Gasteiger partial charge is 0.0802 e. The minimum Gasteiger partial charge on any atom is -0.391 e. The second-order valence-electron chi connectivity index (χ2n) is 5.46. The van der Waals surface area contributed by atoms with E-state index in [1.54, 1.807) is 6.92 Å². The Morgan fingerprint density at radius 3 is 1.94 bits per heavy atom. The van der Waals surface area contributed by atoms with E-state index in [0.717, 1.165) is 6.42 Å². The molecule has 0 amide bonds. The summed E-state index contributed by atoms with van der Waals surface area (Å²) in [5.74, 6) is 0.315. The fourth-order valence-corrected chi connectivity index (χ4v) is 2.81. The van der Waals surface area contributed by atoms with Crippen molar-refractivity contribution in [3.63, 3.8) is 0 Å². The largest absolute Gasteiger partial charge is 0.391 e. The highest BCUT2D eigenvalue weighted by Gasteiger charge is 2.21. The zero-order valence-electron chi connectivity index (χ0n) is 12.2. The van der Waals surface area contributed by atoms with Crippen molar-refractivity contribution in [2.24, 2.45) is 0 Å². The lowest BCUT2D eigenvalue weighted by Gasteiger charge is -2.24. The molecule has 1 aromatic rings. The molecule has 0 spiro atoms. The summed E-state index contributed by atoms with van der Waals surface area (Å²) in [6.07, 6.45) is 0.299. The molecule has 0 radical (unpaired) electrons. The molecule has 2 N–H and O–H groups in total. The normalized spacial score (nSPS) is 16.4. The van der Waals surface area contributed by atoms with Crippen molar-refractivity contribution in [2.45, 2.75) is 65.6 Å². The monoisotopic (exact) mass is 250 g/mol. The van der Waals surface area contributed by atoms with Crippen molar-refractivity contribution in [3.05, 3.63) is 34.4 Å². The van der Waals surface area contributed by atoms with Crippen LogP contribution in [0.2, 0.25) is 0 Å². The second-order valence-corrected chi connectivity index (χ2v) is 5.46. The number of aliphatic hydroxyl groups is 2. The molecule has 3 unspecified atom stereocenters. The molecule has 0 aliphatic heterocycles. The minimum atomic E-state index is -0.662. The molecule has 1 aromatic carbocycles. The Kier molecular flexibility index (Phi) is 5.36. The number of benzene rings is 1. The molecule has 0 aliphatic rings. The van der Waals surface area contributed by atoms with Crippen molar-refractivity contribution < 1.29 is 10.2 Å². The Morgan fingerprint density at radius 1 is 1.06 bits per heavy atom. The topological polar surface area (TPSA) is 40.5 Å². The van der Waals surface area contributed by atoms with E-state index in [1.165, 1.54) is 22.3 Å². The van der Waals surface area contributed by atoms with E-state index >= 15 is 0 Å². The molecule has 1 rings (SSSR count). The molecule has 0 saturated heterocycles. The van der Waals surface area contributed by atoms with Gasteiger partial charge in [-0.05, 0) is 63.1 Å². The summed E-state index contributed by atoms with van der Waals surface area (Å²) < 4.78 is 0. The third-order valence-electron chi connectivity index (χ3n) is 3.72. The minimum absolute atomic E-state index is 0.315. The molecule has 2 heteroatoms. The van der Waals surface area contributed by atoms with Crippen LogP contribution in [0.15, 0.2) is 12.1 Å².